The van der Waals surface area contributed by atoms with Crippen LogP contribution in [-0.2, 0) is 16.1 Å². The van der Waals surface area contributed by atoms with Crippen molar-refractivity contribution in [1.29, 1.82) is 0 Å². The van der Waals surface area contributed by atoms with Crippen LogP contribution >= 0.6 is 24.8 Å². The lowest BCUT2D eigenvalue weighted by atomic mass is 9.99. The number of hydrogen-bond donors (Lipinski definition) is 3. The highest BCUT2D eigenvalue weighted by Crippen LogP contribution is 2.18. The van der Waals surface area contributed by atoms with Gasteiger partial charge in [0.1, 0.15) is 0 Å². The molecule has 1 aliphatic rings. The Balaban J connectivity index is 0.00000288. The molecule has 0 spiro atoms. The molecule has 8 heteroatoms. The summed E-state index contributed by atoms with van der Waals surface area (Å²) in [5, 5.41) is 5.19. The van der Waals surface area contributed by atoms with E-state index in [1.165, 1.54) is 18.4 Å². The van der Waals surface area contributed by atoms with E-state index in [1.807, 2.05) is 24.3 Å². The number of carbonyl (C=O) groups is 2. The number of nitrogens with two attached hydrogens (primary N) is 1. The lowest BCUT2D eigenvalue weighted by molar-refractivity contribution is -0.123. The first-order valence-corrected chi connectivity index (χ1v) is 8.14. The smallest absolute Gasteiger partial charge is 0.243 e. The van der Waals surface area contributed by atoms with Crippen LogP contribution in [0.5, 0.6) is 0 Å². The van der Waals surface area contributed by atoms with Crippen LogP contribution in [0.2, 0.25) is 0 Å². The van der Waals surface area contributed by atoms with Gasteiger partial charge in [0.05, 0.1) is 13.1 Å². The molecule has 0 bridgehead atoms. The Bertz CT molecular complexity index is 532. The molecule has 0 aliphatic carbocycles. The first-order chi connectivity index (χ1) is 11.1. The first kappa shape index (κ1) is 23.7. The number of benzene rings is 1. The highest BCUT2D eigenvalue weighted by molar-refractivity contribution is 5.94. The number of nitrogens with zero attached hydrogens (tertiary/aromatic N) is 1. The van der Waals surface area contributed by atoms with Gasteiger partial charge in [-0.3, -0.25) is 14.5 Å². The topological polar surface area (TPSA) is 87.5 Å². The molecule has 25 heavy (non-hydrogen) atoms. The van der Waals surface area contributed by atoms with Gasteiger partial charge in [0.2, 0.25) is 11.8 Å². The molecule has 1 saturated heterocycles. The van der Waals surface area contributed by atoms with Gasteiger partial charge in [-0.05, 0) is 49.5 Å². The van der Waals surface area contributed by atoms with Gasteiger partial charge in [-0.15, -0.1) is 24.8 Å². The molecule has 1 heterocycles. The van der Waals surface area contributed by atoms with Crippen LogP contribution in [0.15, 0.2) is 24.3 Å². The van der Waals surface area contributed by atoms with Crippen molar-refractivity contribution in [1.82, 2.24) is 10.2 Å². The average molecular weight is 391 g/mol. The van der Waals surface area contributed by atoms with Gasteiger partial charge in [0, 0.05) is 12.2 Å². The third kappa shape index (κ3) is 8.54. The van der Waals surface area contributed by atoms with Crippen molar-refractivity contribution in [3.8, 4) is 0 Å². The molecular formula is C17H28Cl2N4O2. The predicted octanol–water partition coefficient (Wildman–Crippen LogP) is 1.78. The molecule has 0 saturated carbocycles. The van der Waals surface area contributed by atoms with E-state index >= 15 is 0 Å². The normalized spacial score (nSPS) is 14.8. The van der Waals surface area contributed by atoms with Gasteiger partial charge in [-0.1, -0.05) is 19.1 Å². The second-order valence-electron chi connectivity index (χ2n) is 6.18. The van der Waals surface area contributed by atoms with E-state index < -0.39 is 0 Å². The van der Waals surface area contributed by atoms with Crippen LogP contribution in [0.25, 0.3) is 0 Å². The predicted molar refractivity (Wildman–Crippen MR) is 105 cm³/mol. The van der Waals surface area contributed by atoms with Gasteiger partial charge in [0.25, 0.3) is 0 Å². The summed E-state index contributed by atoms with van der Waals surface area (Å²) in [4.78, 5) is 25.2. The van der Waals surface area contributed by atoms with E-state index in [4.69, 9.17) is 5.73 Å². The maximum Gasteiger partial charge on any atom is 0.243 e. The SMILES string of the molecule is CC1CCN(Cc2ccc(NC(=O)CNC(=O)CN)cc2)CC1.Cl.Cl. The molecule has 0 radical (unpaired) electrons. The number of nitrogens with one attached hydrogen (secondary N) is 2. The molecule has 0 unspecified atom stereocenters. The van der Waals surface area contributed by atoms with E-state index in [0.29, 0.717) is 0 Å². The molecule has 6 nitrogen and oxygen atoms in total. The van der Waals surface area contributed by atoms with Crippen LogP contribution < -0.4 is 16.4 Å². The molecular weight excluding hydrogens is 363 g/mol. The zero-order chi connectivity index (χ0) is 16.7. The quantitative estimate of drug-likeness (QED) is 0.690. The number of hydrogen-bond acceptors (Lipinski definition) is 4. The Morgan fingerprint density at radius 2 is 1.72 bits per heavy atom. The molecule has 2 amide bonds. The van der Waals surface area contributed by atoms with Crippen LogP contribution in [0.3, 0.4) is 0 Å². The van der Waals surface area contributed by atoms with E-state index in [1.54, 1.807) is 0 Å². The average Bonchev–Trinajstić information content (AvgIpc) is 2.56. The van der Waals surface area contributed by atoms with E-state index in [-0.39, 0.29) is 49.7 Å². The number of carbonyl (C=O) groups excluding carboxylic acids is 2. The standard InChI is InChI=1S/C17H26N4O2.2ClH/c1-13-6-8-21(9-7-13)12-14-2-4-15(5-3-14)20-17(23)11-19-16(22)10-18;;/h2-5,13H,6-12,18H2,1H3,(H,19,22)(H,20,23);2*1H. The number of rotatable bonds is 6. The Kier molecular flexibility index (Phi) is 11.4. The number of piperidine rings is 1. The molecule has 1 fully saturated rings. The van der Waals surface area contributed by atoms with Gasteiger partial charge >= 0.3 is 0 Å². The minimum Gasteiger partial charge on any atom is -0.346 e. The second kappa shape index (κ2) is 12.1. The van der Waals surface area contributed by atoms with Crippen LogP contribution in [0, 0.1) is 5.92 Å². The Morgan fingerprint density at radius 1 is 1.12 bits per heavy atom. The lowest BCUT2D eigenvalue weighted by Crippen LogP contribution is -2.36. The number of likely N-dealkylation sites (tertiary alicyclic amines) is 1. The van der Waals surface area contributed by atoms with Crippen LogP contribution in [0.1, 0.15) is 25.3 Å². The fourth-order valence-corrected chi connectivity index (χ4v) is 2.63. The summed E-state index contributed by atoms with van der Waals surface area (Å²) in [7, 11) is 0. The highest BCUT2D eigenvalue weighted by atomic mass is 35.5. The molecule has 0 aromatic heterocycles. The van der Waals surface area contributed by atoms with Crippen molar-refractivity contribution in [2.45, 2.75) is 26.3 Å². The zero-order valence-electron chi connectivity index (χ0n) is 14.5. The van der Waals surface area contributed by atoms with Gasteiger partial charge in [-0.25, -0.2) is 0 Å². The minimum absolute atomic E-state index is 0. The van der Waals surface area contributed by atoms with Crippen molar-refractivity contribution in [2.75, 3.05) is 31.5 Å². The van der Waals surface area contributed by atoms with E-state index in [0.717, 1.165) is 31.2 Å². The highest BCUT2D eigenvalue weighted by Gasteiger charge is 2.15. The summed E-state index contributed by atoms with van der Waals surface area (Å²) in [5.41, 5.74) is 7.14. The van der Waals surface area contributed by atoms with E-state index in [9.17, 15) is 9.59 Å². The van der Waals surface area contributed by atoms with Crippen molar-refractivity contribution in [3.05, 3.63) is 29.8 Å². The summed E-state index contributed by atoms with van der Waals surface area (Å²) in [6, 6.07) is 7.85. The molecule has 1 aliphatic heterocycles. The van der Waals surface area contributed by atoms with Crippen molar-refractivity contribution >= 4 is 42.3 Å². The molecule has 142 valence electrons. The Hall–Kier alpha value is -1.34. The largest absolute Gasteiger partial charge is 0.346 e. The summed E-state index contributed by atoms with van der Waals surface area (Å²) in [6.45, 7) is 5.39. The lowest BCUT2D eigenvalue weighted by Gasteiger charge is -2.30. The number of halogens is 2. The fraction of sp³-hybridized carbons (Fsp3) is 0.529. The third-order valence-electron chi connectivity index (χ3n) is 4.15. The summed E-state index contributed by atoms with van der Waals surface area (Å²) < 4.78 is 0. The van der Waals surface area contributed by atoms with E-state index in [2.05, 4.69) is 22.5 Å². The number of amides is 2. The Morgan fingerprint density at radius 3 is 2.28 bits per heavy atom. The second-order valence-corrected chi connectivity index (χ2v) is 6.18. The monoisotopic (exact) mass is 390 g/mol. The fourth-order valence-electron chi connectivity index (χ4n) is 2.63. The molecule has 1 aromatic carbocycles. The maximum atomic E-state index is 11.7. The summed E-state index contributed by atoms with van der Waals surface area (Å²) in [6.07, 6.45) is 2.53. The molecule has 0 atom stereocenters. The Labute approximate surface area is 161 Å². The maximum absolute atomic E-state index is 11.7. The van der Waals surface area contributed by atoms with Crippen molar-refractivity contribution < 1.29 is 9.59 Å². The van der Waals surface area contributed by atoms with Gasteiger partial charge in [0.15, 0.2) is 0 Å². The summed E-state index contributed by atoms with van der Waals surface area (Å²) in [5.74, 6) is 0.236. The summed E-state index contributed by atoms with van der Waals surface area (Å²) >= 11 is 0. The first-order valence-electron chi connectivity index (χ1n) is 8.14. The molecule has 2 rings (SSSR count). The zero-order valence-corrected chi connectivity index (χ0v) is 16.1. The third-order valence-corrected chi connectivity index (χ3v) is 4.15. The van der Waals surface area contributed by atoms with Crippen molar-refractivity contribution in [2.24, 2.45) is 11.7 Å². The van der Waals surface area contributed by atoms with Crippen LogP contribution in [0.4, 0.5) is 5.69 Å². The van der Waals surface area contributed by atoms with Gasteiger partial charge < -0.3 is 16.4 Å². The molecule has 1 aromatic rings. The van der Waals surface area contributed by atoms with Crippen molar-refractivity contribution in [3.63, 3.8) is 0 Å². The minimum atomic E-state index is -0.341. The number of anilines is 1. The van der Waals surface area contributed by atoms with Gasteiger partial charge in [-0.2, -0.15) is 0 Å². The molecule has 4 N–H and O–H groups in total. The van der Waals surface area contributed by atoms with Crippen LogP contribution in [-0.4, -0.2) is 42.9 Å².